The maximum atomic E-state index is 8.96. The molecule has 2 N–H and O–H groups in total. The zero-order chi connectivity index (χ0) is 9.84. The summed E-state index contributed by atoms with van der Waals surface area (Å²) in [5.74, 6) is -0.217. The lowest BCUT2D eigenvalue weighted by Crippen LogP contribution is -2.14. The van der Waals surface area contributed by atoms with Crippen molar-refractivity contribution in [3.05, 3.63) is 35.4 Å². The highest BCUT2D eigenvalue weighted by molar-refractivity contribution is 5.25. The highest BCUT2D eigenvalue weighted by Gasteiger charge is 2.12. The summed E-state index contributed by atoms with van der Waals surface area (Å²) < 4.78 is 0. The number of benzene rings is 1. The summed E-state index contributed by atoms with van der Waals surface area (Å²) in [7, 11) is 0. The summed E-state index contributed by atoms with van der Waals surface area (Å²) >= 11 is 0. The minimum atomic E-state index is -1.27. The van der Waals surface area contributed by atoms with Gasteiger partial charge >= 0.3 is 0 Å². The standard InChI is InChI=1S/C11H16O2/c1-3-9-4-6-10(7-5-9)8(2)11(12)13/h4-8,11-13H,3H2,1-2H3. The number of aliphatic hydroxyl groups is 2. The normalized spacial score (nSPS) is 13.3. The molecule has 0 saturated heterocycles. The molecule has 0 heterocycles. The lowest BCUT2D eigenvalue weighted by atomic mass is 9.99. The summed E-state index contributed by atoms with van der Waals surface area (Å²) in [6.07, 6.45) is -0.261. The summed E-state index contributed by atoms with van der Waals surface area (Å²) in [6.45, 7) is 3.89. The number of rotatable bonds is 3. The van der Waals surface area contributed by atoms with Gasteiger partial charge in [-0.2, -0.15) is 0 Å². The third-order valence-electron chi connectivity index (χ3n) is 2.36. The number of aliphatic hydroxyl groups excluding tert-OH is 1. The fourth-order valence-corrected chi connectivity index (χ4v) is 1.23. The van der Waals surface area contributed by atoms with Crippen molar-refractivity contribution >= 4 is 0 Å². The van der Waals surface area contributed by atoms with E-state index >= 15 is 0 Å². The number of hydrogen-bond acceptors (Lipinski definition) is 2. The Morgan fingerprint density at radius 1 is 1.15 bits per heavy atom. The SMILES string of the molecule is CCc1ccc(C(C)C(O)O)cc1. The molecule has 1 aromatic rings. The number of aryl methyl sites for hydroxylation is 1. The highest BCUT2D eigenvalue weighted by atomic mass is 16.5. The first-order valence-electron chi connectivity index (χ1n) is 4.60. The Balaban J connectivity index is 2.79. The van der Waals surface area contributed by atoms with Crippen LogP contribution in [0.25, 0.3) is 0 Å². The van der Waals surface area contributed by atoms with E-state index < -0.39 is 6.29 Å². The van der Waals surface area contributed by atoms with Crippen LogP contribution in [0.4, 0.5) is 0 Å². The lowest BCUT2D eigenvalue weighted by Gasteiger charge is -2.13. The van der Waals surface area contributed by atoms with Gasteiger partial charge < -0.3 is 10.2 Å². The molecule has 0 spiro atoms. The van der Waals surface area contributed by atoms with Crippen LogP contribution in [-0.2, 0) is 6.42 Å². The molecule has 2 heteroatoms. The molecule has 0 amide bonds. The van der Waals surface area contributed by atoms with E-state index in [0.29, 0.717) is 0 Å². The molecule has 0 bridgehead atoms. The van der Waals surface area contributed by atoms with Crippen LogP contribution in [0, 0.1) is 0 Å². The Morgan fingerprint density at radius 3 is 2.08 bits per heavy atom. The van der Waals surface area contributed by atoms with Crippen molar-refractivity contribution in [2.75, 3.05) is 0 Å². The van der Waals surface area contributed by atoms with Gasteiger partial charge in [-0.3, -0.25) is 0 Å². The van der Waals surface area contributed by atoms with E-state index in [9.17, 15) is 0 Å². The summed E-state index contributed by atoms with van der Waals surface area (Å²) in [6, 6.07) is 7.94. The van der Waals surface area contributed by atoms with Crippen molar-refractivity contribution in [3.63, 3.8) is 0 Å². The van der Waals surface area contributed by atoms with Crippen molar-refractivity contribution in [3.8, 4) is 0 Å². The van der Waals surface area contributed by atoms with Gasteiger partial charge in [0.15, 0.2) is 6.29 Å². The van der Waals surface area contributed by atoms with Gasteiger partial charge in [0.25, 0.3) is 0 Å². The monoisotopic (exact) mass is 180 g/mol. The van der Waals surface area contributed by atoms with Crippen molar-refractivity contribution in [2.45, 2.75) is 32.5 Å². The van der Waals surface area contributed by atoms with Gasteiger partial charge in [-0.1, -0.05) is 38.1 Å². The van der Waals surface area contributed by atoms with Gasteiger partial charge in [0.1, 0.15) is 0 Å². The third kappa shape index (κ3) is 2.54. The summed E-state index contributed by atoms with van der Waals surface area (Å²) in [5.41, 5.74) is 2.23. The zero-order valence-electron chi connectivity index (χ0n) is 8.07. The van der Waals surface area contributed by atoms with Gasteiger partial charge in [-0.15, -0.1) is 0 Å². The van der Waals surface area contributed by atoms with Gasteiger partial charge in [0, 0.05) is 5.92 Å². The molecule has 1 aromatic carbocycles. The molecule has 1 unspecified atom stereocenters. The van der Waals surface area contributed by atoms with Gasteiger partial charge in [-0.25, -0.2) is 0 Å². The average molecular weight is 180 g/mol. The quantitative estimate of drug-likeness (QED) is 0.694. The van der Waals surface area contributed by atoms with Crippen LogP contribution >= 0.6 is 0 Å². The van der Waals surface area contributed by atoms with Crippen LogP contribution in [0.15, 0.2) is 24.3 Å². The Labute approximate surface area is 78.8 Å². The average Bonchev–Trinajstić information content (AvgIpc) is 2.17. The fourth-order valence-electron chi connectivity index (χ4n) is 1.23. The largest absolute Gasteiger partial charge is 0.368 e. The van der Waals surface area contributed by atoms with E-state index in [-0.39, 0.29) is 5.92 Å². The second-order valence-corrected chi connectivity index (χ2v) is 3.30. The molecule has 0 aliphatic carbocycles. The van der Waals surface area contributed by atoms with Gasteiger partial charge in [-0.05, 0) is 17.5 Å². The lowest BCUT2D eigenvalue weighted by molar-refractivity contribution is -0.0561. The van der Waals surface area contributed by atoms with Crippen LogP contribution < -0.4 is 0 Å². The first-order chi connectivity index (χ1) is 6.15. The Kier molecular flexibility index (Phi) is 3.46. The third-order valence-corrected chi connectivity index (χ3v) is 2.36. The van der Waals surface area contributed by atoms with Crippen LogP contribution in [0.2, 0.25) is 0 Å². The van der Waals surface area contributed by atoms with Crippen molar-refractivity contribution in [2.24, 2.45) is 0 Å². The first-order valence-corrected chi connectivity index (χ1v) is 4.60. The first kappa shape index (κ1) is 10.2. The Bertz CT molecular complexity index is 251. The fraction of sp³-hybridized carbons (Fsp3) is 0.455. The van der Waals surface area contributed by atoms with E-state index in [0.717, 1.165) is 12.0 Å². The second kappa shape index (κ2) is 4.40. The maximum absolute atomic E-state index is 8.96. The zero-order valence-corrected chi connectivity index (χ0v) is 8.07. The molecule has 0 radical (unpaired) electrons. The summed E-state index contributed by atoms with van der Waals surface area (Å²) in [4.78, 5) is 0. The second-order valence-electron chi connectivity index (χ2n) is 3.30. The molecule has 72 valence electrons. The van der Waals surface area contributed by atoms with Crippen LogP contribution in [-0.4, -0.2) is 16.5 Å². The topological polar surface area (TPSA) is 40.5 Å². The van der Waals surface area contributed by atoms with Crippen LogP contribution in [0.1, 0.15) is 30.9 Å². The predicted molar refractivity (Wildman–Crippen MR) is 52.5 cm³/mol. The molecule has 0 aliphatic heterocycles. The molecule has 0 aromatic heterocycles. The molecule has 1 atom stereocenters. The van der Waals surface area contributed by atoms with Gasteiger partial charge in [0.2, 0.25) is 0 Å². The van der Waals surface area contributed by atoms with Crippen molar-refractivity contribution in [1.82, 2.24) is 0 Å². The molecular weight excluding hydrogens is 164 g/mol. The molecule has 0 fully saturated rings. The maximum Gasteiger partial charge on any atom is 0.158 e. The number of hydrogen-bond donors (Lipinski definition) is 2. The summed E-state index contributed by atoms with van der Waals surface area (Å²) in [5, 5.41) is 17.9. The Hall–Kier alpha value is -0.860. The van der Waals surface area contributed by atoms with Gasteiger partial charge in [0.05, 0.1) is 0 Å². The minimum absolute atomic E-state index is 0.217. The molecule has 13 heavy (non-hydrogen) atoms. The van der Waals surface area contributed by atoms with E-state index in [1.807, 2.05) is 24.3 Å². The van der Waals surface area contributed by atoms with Crippen molar-refractivity contribution in [1.29, 1.82) is 0 Å². The van der Waals surface area contributed by atoms with E-state index in [1.165, 1.54) is 5.56 Å². The van der Waals surface area contributed by atoms with Crippen LogP contribution in [0.5, 0.6) is 0 Å². The van der Waals surface area contributed by atoms with Crippen molar-refractivity contribution < 1.29 is 10.2 Å². The molecular formula is C11H16O2. The Morgan fingerprint density at radius 2 is 1.69 bits per heavy atom. The molecule has 2 nitrogen and oxygen atoms in total. The van der Waals surface area contributed by atoms with E-state index in [1.54, 1.807) is 6.92 Å². The van der Waals surface area contributed by atoms with E-state index in [4.69, 9.17) is 10.2 Å². The molecule has 0 saturated carbocycles. The van der Waals surface area contributed by atoms with E-state index in [2.05, 4.69) is 6.92 Å². The molecule has 1 rings (SSSR count). The highest BCUT2D eigenvalue weighted by Crippen LogP contribution is 2.18. The predicted octanol–water partition coefficient (Wildman–Crippen LogP) is 1.66. The van der Waals surface area contributed by atoms with Crippen LogP contribution in [0.3, 0.4) is 0 Å². The molecule has 0 aliphatic rings. The smallest absolute Gasteiger partial charge is 0.158 e. The minimum Gasteiger partial charge on any atom is -0.368 e.